The van der Waals surface area contributed by atoms with Gasteiger partial charge in [0.2, 0.25) is 0 Å². The van der Waals surface area contributed by atoms with Gasteiger partial charge in [-0.25, -0.2) is 0 Å². The first-order chi connectivity index (χ1) is 6.00. The number of rotatable bonds is 2. The van der Waals surface area contributed by atoms with Crippen LogP contribution in [0.3, 0.4) is 0 Å². The molecular weight excluding hydrogens is 175 g/mol. The van der Waals surface area contributed by atoms with E-state index in [1.165, 1.54) is 11.7 Å². The van der Waals surface area contributed by atoms with Gasteiger partial charge in [0.15, 0.2) is 0 Å². The summed E-state index contributed by atoms with van der Waals surface area (Å²) in [5, 5.41) is 0.477. The van der Waals surface area contributed by atoms with Crippen molar-refractivity contribution in [3.63, 3.8) is 0 Å². The van der Waals surface area contributed by atoms with Gasteiger partial charge in [-0.1, -0.05) is 59.0 Å². The fourth-order valence-electron chi connectivity index (χ4n) is 1.09. The molecule has 1 heteroatoms. The summed E-state index contributed by atoms with van der Waals surface area (Å²) in [6, 6.07) is 10.8. The van der Waals surface area contributed by atoms with Crippen molar-refractivity contribution in [2.45, 2.75) is 32.1 Å². The van der Waals surface area contributed by atoms with Gasteiger partial charge in [-0.2, -0.15) is 0 Å². The zero-order valence-electron chi connectivity index (χ0n) is 9.04. The van der Waals surface area contributed by atoms with Crippen LogP contribution >= 0.6 is 7.92 Å². The van der Waals surface area contributed by atoms with E-state index in [9.17, 15) is 0 Å². The van der Waals surface area contributed by atoms with Gasteiger partial charge in [0.1, 0.15) is 0 Å². The van der Waals surface area contributed by atoms with Gasteiger partial charge in [0.05, 0.1) is 0 Å². The van der Waals surface area contributed by atoms with E-state index in [0.717, 1.165) is 0 Å². The number of benzene rings is 1. The van der Waals surface area contributed by atoms with Gasteiger partial charge in [-0.3, -0.25) is 0 Å². The summed E-state index contributed by atoms with van der Waals surface area (Å²) in [7, 11) is 0.102. The Labute approximate surface area is 83.1 Å². The smallest absolute Gasteiger partial charge is 0.00709 e. The van der Waals surface area contributed by atoms with E-state index in [-0.39, 0.29) is 7.92 Å². The average Bonchev–Trinajstić information content (AvgIpc) is 2.04. The van der Waals surface area contributed by atoms with Gasteiger partial charge in [-0.05, 0) is 23.5 Å². The molecule has 1 rings (SSSR count). The maximum atomic E-state index is 2.39. The lowest BCUT2D eigenvalue weighted by molar-refractivity contribution is 0.782. The van der Waals surface area contributed by atoms with E-state index < -0.39 is 0 Å². The minimum atomic E-state index is 0.102. The third-order valence-electron chi connectivity index (χ3n) is 2.41. The molecule has 0 aliphatic rings. The van der Waals surface area contributed by atoms with Crippen LogP contribution in [-0.4, -0.2) is 11.8 Å². The normalized spacial score (nSPS) is 14.2. The summed E-state index contributed by atoms with van der Waals surface area (Å²) < 4.78 is 0. The van der Waals surface area contributed by atoms with Crippen molar-refractivity contribution in [3.05, 3.63) is 35.9 Å². The molecule has 0 unspecified atom stereocenters. The van der Waals surface area contributed by atoms with Crippen molar-refractivity contribution >= 4 is 7.92 Å². The highest BCUT2D eigenvalue weighted by Crippen LogP contribution is 2.48. The summed E-state index contributed by atoms with van der Waals surface area (Å²) >= 11 is 0. The zero-order chi connectivity index (χ0) is 9.90. The number of hydrogen-bond donors (Lipinski definition) is 0. The van der Waals surface area contributed by atoms with Gasteiger partial charge >= 0.3 is 0 Å². The Hall–Kier alpha value is -0.350. The second kappa shape index (κ2) is 4.24. The quantitative estimate of drug-likeness (QED) is 0.622. The lowest BCUT2D eigenvalue weighted by Crippen LogP contribution is -2.11. The molecule has 1 aromatic carbocycles. The van der Waals surface area contributed by atoms with Crippen molar-refractivity contribution in [2.24, 2.45) is 0 Å². The van der Waals surface area contributed by atoms with Gasteiger partial charge in [0.25, 0.3) is 0 Å². The second-order valence-electron chi connectivity index (χ2n) is 4.51. The van der Waals surface area contributed by atoms with Crippen molar-refractivity contribution < 1.29 is 0 Å². The molecule has 0 bridgehead atoms. The summed E-state index contributed by atoms with van der Waals surface area (Å²) in [5.41, 5.74) is 1.48. The van der Waals surface area contributed by atoms with E-state index in [4.69, 9.17) is 0 Å². The molecule has 0 fully saturated rings. The second-order valence-corrected chi connectivity index (χ2v) is 7.57. The minimum Gasteiger partial charge on any atom is -0.0999 e. The molecule has 1 atom stereocenters. The lowest BCUT2D eigenvalue weighted by atomic mass is 10.2. The topological polar surface area (TPSA) is 0 Å². The zero-order valence-corrected chi connectivity index (χ0v) is 9.94. The van der Waals surface area contributed by atoms with Gasteiger partial charge in [-0.15, -0.1) is 0 Å². The van der Waals surface area contributed by atoms with Crippen LogP contribution in [0.15, 0.2) is 30.3 Å². The largest absolute Gasteiger partial charge is 0.0999 e. The summed E-state index contributed by atoms with van der Waals surface area (Å²) in [6.07, 6.45) is 1.25. The van der Waals surface area contributed by atoms with E-state index in [1.54, 1.807) is 0 Å². The Balaban J connectivity index is 2.61. The fourth-order valence-corrected chi connectivity index (χ4v) is 2.33. The fraction of sp³-hybridized carbons (Fsp3) is 0.500. The van der Waals surface area contributed by atoms with Crippen LogP contribution in [0.4, 0.5) is 0 Å². The van der Waals surface area contributed by atoms with E-state index in [1.807, 2.05) is 0 Å². The molecule has 0 N–H and O–H groups in total. The van der Waals surface area contributed by atoms with Crippen LogP contribution in [-0.2, 0) is 6.16 Å². The lowest BCUT2D eigenvalue weighted by Gasteiger charge is -2.27. The molecule has 0 radical (unpaired) electrons. The van der Waals surface area contributed by atoms with Crippen molar-refractivity contribution in [1.82, 2.24) is 0 Å². The van der Waals surface area contributed by atoms with Crippen LogP contribution in [0.5, 0.6) is 0 Å². The first-order valence-electron chi connectivity index (χ1n) is 4.75. The molecule has 0 aliphatic carbocycles. The first kappa shape index (κ1) is 10.7. The van der Waals surface area contributed by atoms with Crippen molar-refractivity contribution in [2.75, 3.05) is 6.66 Å². The molecule has 0 nitrogen and oxygen atoms in total. The molecule has 0 saturated heterocycles. The molecule has 1 aromatic rings. The minimum absolute atomic E-state index is 0.102. The third-order valence-corrected chi connectivity index (χ3v) is 5.54. The highest BCUT2D eigenvalue weighted by atomic mass is 31.1. The first-order valence-corrected chi connectivity index (χ1v) is 6.73. The molecule has 0 spiro atoms. The van der Waals surface area contributed by atoms with Crippen LogP contribution in [0.2, 0.25) is 0 Å². The molecule has 0 aliphatic heterocycles. The van der Waals surface area contributed by atoms with Crippen molar-refractivity contribution in [3.8, 4) is 0 Å². The molecule has 0 aromatic heterocycles. The Kier molecular flexibility index (Phi) is 3.50. The third kappa shape index (κ3) is 3.48. The van der Waals surface area contributed by atoms with Crippen molar-refractivity contribution in [1.29, 1.82) is 0 Å². The maximum absolute atomic E-state index is 2.39. The summed E-state index contributed by atoms with van der Waals surface area (Å²) in [5.74, 6) is 0. The Morgan fingerprint density at radius 2 is 1.62 bits per heavy atom. The summed E-state index contributed by atoms with van der Waals surface area (Å²) in [6.45, 7) is 9.40. The Morgan fingerprint density at radius 3 is 2.08 bits per heavy atom. The van der Waals surface area contributed by atoms with E-state index in [2.05, 4.69) is 57.8 Å². The molecule has 0 heterocycles. The molecular formula is C12H19P. The van der Waals surface area contributed by atoms with Crippen LogP contribution in [0.1, 0.15) is 26.3 Å². The molecule has 72 valence electrons. The Morgan fingerprint density at radius 1 is 1.08 bits per heavy atom. The highest BCUT2D eigenvalue weighted by molar-refractivity contribution is 7.57. The summed E-state index contributed by atoms with van der Waals surface area (Å²) in [4.78, 5) is 0. The molecule has 0 saturated carbocycles. The van der Waals surface area contributed by atoms with Gasteiger partial charge in [0, 0.05) is 0 Å². The van der Waals surface area contributed by atoms with Crippen LogP contribution in [0, 0.1) is 0 Å². The Bertz CT molecular complexity index is 246. The maximum Gasteiger partial charge on any atom is -0.00709 e. The predicted molar refractivity (Wildman–Crippen MR) is 62.7 cm³/mol. The van der Waals surface area contributed by atoms with Crippen LogP contribution in [0.25, 0.3) is 0 Å². The standard InChI is InChI=1S/C12H19P/c1-12(2,3)13(4)10-11-8-6-5-7-9-11/h5-9H,10H2,1-4H3/t13-/m0/s1. The SMILES string of the molecule is C[P@@](Cc1ccccc1)C(C)(C)C. The highest BCUT2D eigenvalue weighted by Gasteiger charge is 2.18. The molecule has 13 heavy (non-hydrogen) atoms. The van der Waals surface area contributed by atoms with Crippen LogP contribution < -0.4 is 0 Å². The molecule has 0 amide bonds. The monoisotopic (exact) mass is 194 g/mol. The van der Waals surface area contributed by atoms with E-state index >= 15 is 0 Å². The average molecular weight is 194 g/mol. The number of hydrogen-bond acceptors (Lipinski definition) is 0. The predicted octanol–water partition coefficient (Wildman–Crippen LogP) is 4.10. The van der Waals surface area contributed by atoms with Gasteiger partial charge < -0.3 is 0 Å². The van der Waals surface area contributed by atoms with E-state index in [0.29, 0.717) is 5.16 Å².